The van der Waals surface area contributed by atoms with Crippen LogP contribution in [0.1, 0.15) is 104 Å². The topological polar surface area (TPSA) is 74.6 Å². The normalized spacial score (nSPS) is 12.5. The van der Waals surface area contributed by atoms with E-state index >= 15 is 0 Å². The Morgan fingerprint density at radius 2 is 1.08 bits per heavy atom. The number of rotatable bonds is 17. The molecule has 0 radical (unpaired) electrons. The molecule has 0 aliphatic heterocycles. The average molecular weight is 343 g/mol. The van der Waals surface area contributed by atoms with Crippen LogP contribution in [0, 0.1) is 11.8 Å². The van der Waals surface area contributed by atoms with Gasteiger partial charge in [0.2, 0.25) is 0 Å². The van der Waals surface area contributed by atoms with Crippen LogP contribution in [-0.2, 0) is 9.59 Å². The summed E-state index contributed by atoms with van der Waals surface area (Å²) >= 11 is 0. The van der Waals surface area contributed by atoms with E-state index in [0.717, 1.165) is 32.1 Å². The van der Waals surface area contributed by atoms with Crippen molar-refractivity contribution in [3.63, 3.8) is 0 Å². The highest BCUT2D eigenvalue weighted by molar-refractivity contribution is 5.67. The van der Waals surface area contributed by atoms with Crippen LogP contribution in [-0.4, -0.2) is 22.2 Å². The van der Waals surface area contributed by atoms with E-state index in [-0.39, 0.29) is 0 Å². The van der Waals surface area contributed by atoms with E-state index in [4.69, 9.17) is 10.2 Å². The maximum absolute atomic E-state index is 10.8. The Morgan fingerprint density at radius 1 is 0.667 bits per heavy atom. The molecule has 1 unspecified atom stereocenters. The minimum Gasteiger partial charge on any atom is -0.481 e. The third-order valence-electron chi connectivity index (χ3n) is 4.85. The number of carbonyl (C=O) groups is 2. The SMILES string of the molecule is CC(C)C(CCCCCCCCCCCCCC(=O)O)CC(=O)O. The summed E-state index contributed by atoms with van der Waals surface area (Å²) in [5.41, 5.74) is 0. The van der Waals surface area contributed by atoms with Crippen LogP contribution in [0.25, 0.3) is 0 Å². The van der Waals surface area contributed by atoms with Gasteiger partial charge in [0.25, 0.3) is 0 Å². The average Bonchev–Trinajstić information content (AvgIpc) is 2.49. The van der Waals surface area contributed by atoms with Gasteiger partial charge in [0.05, 0.1) is 0 Å². The highest BCUT2D eigenvalue weighted by Crippen LogP contribution is 2.23. The van der Waals surface area contributed by atoms with Crippen molar-refractivity contribution >= 4 is 11.9 Å². The number of unbranched alkanes of at least 4 members (excludes halogenated alkanes) is 10. The van der Waals surface area contributed by atoms with Crippen molar-refractivity contribution in [2.45, 2.75) is 104 Å². The number of hydrogen-bond acceptors (Lipinski definition) is 2. The molecule has 0 aromatic carbocycles. The molecule has 24 heavy (non-hydrogen) atoms. The molecule has 0 aromatic heterocycles. The summed E-state index contributed by atoms with van der Waals surface area (Å²) in [6.07, 6.45) is 14.7. The van der Waals surface area contributed by atoms with Crippen LogP contribution in [0.15, 0.2) is 0 Å². The largest absolute Gasteiger partial charge is 0.481 e. The second-order valence-corrected chi connectivity index (χ2v) is 7.42. The number of carboxylic acids is 2. The zero-order valence-corrected chi connectivity index (χ0v) is 15.8. The maximum atomic E-state index is 10.8. The van der Waals surface area contributed by atoms with E-state index in [2.05, 4.69) is 13.8 Å². The van der Waals surface area contributed by atoms with Crippen molar-refractivity contribution in [3.05, 3.63) is 0 Å². The lowest BCUT2D eigenvalue weighted by Gasteiger charge is -2.18. The van der Waals surface area contributed by atoms with E-state index in [9.17, 15) is 9.59 Å². The van der Waals surface area contributed by atoms with Crippen molar-refractivity contribution in [1.29, 1.82) is 0 Å². The molecule has 0 aliphatic rings. The van der Waals surface area contributed by atoms with Crippen LogP contribution >= 0.6 is 0 Å². The Morgan fingerprint density at radius 3 is 1.46 bits per heavy atom. The molecule has 0 aliphatic carbocycles. The second kappa shape index (κ2) is 15.5. The molecular formula is C20H38O4. The molecular weight excluding hydrogens is 304 g/mol. The van der Waals surface area contributed by atoms with Crippen LogP contribution in [0.5, 0.6) is 0 Å². The summed E-state index contributed by atoms with van der Waals surface area (Å²) in [6.45, 7) is 4.24. The summed E-state index contributed by atoms with van der Waals surface area (Å²) in [5.74, 6) is -0.574. The molecule has 142 valence electrons. The minimum absolute atomic E-state index is 0.310. The zero-order valence-electron chi connectivity index (χ0n) is 15.8. The predicted molar refractivity (Wildman–Crippen MR) is 98.2 cm³/mol. The monoisotopic (exact) mass is 342 g/mol. The molecule has 0 amide bonds. The Bertz CT molecular complexity index is 326. The molecule has 0 heterocycles. The quantitative estimate of drug-likeness (QED) is 0.323. The van der Waals surface area contributed by atoms with Gasteiger partial charge in [-0.15, -0.1) is 0 Å². The van der Waals surface area contributed by atoms with Crippen LogP contribution in [0.4, 0.5) is 0 Å². The highest BCUT2D eigenvalue weighted by atomic mass is 16.4. The standard InChI is InChI=1S/C20H38O4/c1-17(2)18(16-20(23)24)14-12-10-8-6-4-3-5-7-9-11-13-15-19(21)22/h17-18H,3-16H2,1-2H3,(H,21,22)(H,23,24). The Balaban J connectivity index is 3.32. The van der Waals surface area contributed by atoms with E-state index in [1.165, 1.54) is 44.9 Å². The van der Waals surface area contributed by atoms with Gasteiger partial charge in [0.15, 0.2) is 0 Å². The van der Waals surface area contributed by atoms with Gasteiger partial charge >= 0.3 is 11.9 Å². The van der Waals surface area contributed by atoms with Gasteiger partial charge < -0.3 is 10.2 Å². The van der Waals surface area contributed by atoms with Crippen LogP contribution in [0.3, 0.4) is 0 Å². The first-order chi connectivity index (χ1) is 11.4. The minimum atomic E-state index is -0.683. The predicted octanol–water partition coefficient (Wildman–Crippen LogP) is 5.89. The third kappa shape index (κ3) is 15.8. The van der Waals surface area contributed by atoms with Gasteiger partial charge in [0, 0.05) is 12.8 Å². The second-order valence-electron chi connectivity index (χ2n) is 7.42. The number of aliphatic carboxylic acids is 2. The van der Waals surface area contributed by atoms with Crippen LogP contribution < -0.4 is 0 Å². The number of carboxylic acid groups (broad SMARTS) is 2. The lowest BCUT2D eigenvalue weighted by atomic mass is 9.87. The number of hydrogen-bond donors (Lipinski definition) is 2. The molecule has 0 aromatic rings. The first-order valence-corrected chi connectivity index (χ1v) is 9.87. The van der Waals surface area contributed by atoms with Crippen molar-refractivity contribution in [3.8, 4) is 0 Å². The Hall–Kier alpha value is -1.06. The van der Waals surface area contributed by atoms with Gasteiger partial charge in [-0.05, 0) is 24.7 Å². The Kier molecular flexibility index (Phi) is 14.8. The van der Waals surface area contributed by atoms with Crippen molar-refractivity contribution < 1.29 is 19.8 Å². The first kappa shape index (κ1) is 22.9. The summed E-state index contributed by atoms with van der Waals surface area (Å²) in [6, 6.07) is 0. The summed E-state index contributed by atoms with van der Waals surface area (Å²) in [7, 11) is 0. The first-order valence-electron chi connectivity index (χ1n) is 9.87. The summed E-state index contributed by atoms with van der Waals surface area (Å²) < 4.78 is 0. The summed E-state index contributed by atoms with van der Waals surface area (Å²) in [5, 5.41) is 17.5. The van der Waals surface area contributed by atoms with Crippen molar-refractivity contribution in [2.24, 2.45) is 11.8 Å². The van der Waals surface area contributed by atoms with Gasteiger partial charge in [-0.1, -0.05) is 78.1 Å². The molecule has 0 rings (SSSR count). The van der Waals surface area contributed by atoms with Gasteiger partial charge in [-0.25, -0.2) is 0 Å². The van der Waals surface area contributed by atoms with Gasteiger partial charge in [-0.3, -0.25) is 9.59 Å². The lowest BCUT2D eigenvalue weighted by molar-refractivity contribution is -0.139. The van der Waals surface area contributed by atoms with E-state index in [1.807, 2.05) is 0 Å². The van der Waals surface area contributed by atoms with Gasteiger partial charge in [0.1, 0.15) is 0 Å². The van der Waals surface area contributed by atoms with Crippen molar-refractivity contribution in [2.75, 3.05) is 0 Å². The van der Waals surface area contributed by atoms with E-state index in [0.29, 0.717) is 24.7 Å². The molecule has 4 heteroatoms. The molecule has 0 saturated heterocycles. The maximum Gasteiger partial charge on any atom is 0.303 e. The van der Waals surface area contributed by atoms with E-state index in [1.54, 1.807) is 0 Å². The van der Waals surface area contributed by atoms with Gasteiger partial charge in [-0.2, -0.15) is 0 Å². The fraction of sp³-hybridized carbons (Fsp3) is 0.900. The van der Waals surface area contributed by atoms with E-state index < -0.39 is 11.9 Å². The molecule has 0 spiro atoms. The molecule has 0 bridgehead atoms. The van der Waals surface area contributed by atoms with Crippen LogP contribution in [0.2, 0.25) is 0 Å². The molecule has 0 saturated carbocycles. The highest BCUT2D eigenvalue weighted by Gasteiger charge is 2.16. The fourth-order valence-electron chi connectivity index (χ4n) is 3.17. The molecule has 1 atom stereocenters. The van der Waals surface area contributed by atoms with Crippen molar-refractivity contribution in [1.82, 2.24) is 0 Å². The molecule has 0 fully saturated rings. The summed E-state index contributed by atoms with van der Waals surface area (Å²) in [4.78, 5) is 21.2. The zero-order chi connectivity index (χ0) is 18.2. The Labute approximate surface area is 148 Å². The molecule has 4 nitrogen and oxygen atoms in total. The third-order valence-corrected chi connectivity index (χ3v) is 4.85. The fourth-order valence-corrected chi connectivity index (χ4v) is 3.17. The molecule has 2 N–H and O–H groups in total. The lowest BCUT2D eigenvalue weighted by Crippen LogP contribution is -2.13. The smallest absolute Gasteiger partial charge is 0.303 e.